The van der Waals surface area contributed by atoms with Crippen molar-refractivity contribution in [1.82, 2.24) is 5.32 Å². The number of thiophene rings is 1. The first-order valence-electron chi connectivity index (χ1n) is 5.51. The molecule has 88 valence electrons. The Morgan fingerprint density at radius 1 is 1.12 bits per heavy atom. The van der Waals surface area contributed by atoms with Crippen LogP contribution < -0.4 is 5.32 Å². The minimum atomic E-state index is 0.893. The van der Waals surface area contributed by atoms with E-state index in [0.717, 1.165) is 13.1 Å². The van der Waals surface area contributed by atoms with E-state index >= 15 is 0 Å². The highest BCUT2D eigenvalue weighted by Crippen LogP contribution is 2.21. The Labute approximate surface area is 114 Å². The van der Waals surface area contributed by atoms with E-state index in [1.165, 1.54) is 14.2 Å². The molecule has 2 aromatic rings. The second kappa shape index (κ2) is 6.74. The van der Waals surface area contributed by atoms with E-state index in [0.29, 0.717) is 0 Å². The van der Waals surface area contributed by atoms with Crippen LogP contribution in [0.4, 0.5) is 0 Å². The molecule has 0 spiro atoms. The molecule has 0 unspecified atom stereocenters. The van der Waals surface area contributed by atoms with Crippen molar-refractivity contribution in [2.24, 2.45) is 0 Å². The van der Waals surface area contributed by atoms with Crippen molar-refractivity contribution in [3.63, 3.8) is 0 Å². The third-order valence-corrected chi connectivity index (χ3v) is 3.92. The SMILES string of the molecule is Brc1ccc(CNC/C=C/c2ccccc2)s1. The molecule has 0 fully saturated rings. The molecular weight excluding hydrogens is 294 g/mol. The van der Waals surface area contributed by atoms with Crippen LogP contribution in [-0.4, -0.2) is 6.54 Å². The molecule has 2 rings (SSSR count). The Kier molecular flexibility index (Phi) is 4.98. The van der Waals surface area contributed by atoms with Crippen LogP contribution in [0.25, 0.3) is 6.08 Å². The van der Waals surface area contributed by atoms with Gasteiger partial charge < -0.3 is 5.32 Å². The summed E-state index contributed by atoms with van der Waals surface area (Å²) in [5.41, 5.74) is 1.24. The fraction of sp³-hybridized carbons (Fsp3) is 0.143. The number of halogens is 1. The highest BCUT2D eigenvalue weighted by atomic mass is 79.9. The molecule has 0 saturated carbocycles. The van der Waals surface area contributed by atoms with E-state index in [9.17, 15) is 0 Å². The molecule has 1 heterocycles. The maximum Gasteiger partial charge on any atom is 0.0701 e. The molecule has 1 N–H and O–H groups in total. The molecule has 1 aromatic heterocycles. The monoisotopic (exact) mass is 307 g/mol. The van der Waals surface area contributed by atoms with Gasteiger partial charge in [0.05, 0.1) is 3.79 Å². The minimum Gasteiger partial charge on any atom is -0.308 e. The lowest BCUT2D eigenvalue weighted by molar-refractivity contribution is 0.771. The van der Waals surface area contributed by atoms with Crippen molar-refractivity contribution in [1.29, 1.82) is 0 Å². The van der Waals surface area contributed by atoms with Gasteiger partial charge in [-0.2, -0.15) is 0 Å². The predicted octanol–water partition coefficient (Wildman–Crippen LogP) is 4.31. The number of hydrogen-bond acceptors (Lipinski definition) is 2. The fourth-order valence-electron chi connectivity index (χ4n) is 1.48. The fourth-order valence-corrected chi connectivity index (χ4v) is 2.94. The summed E-state index contributed by atoms with van der Waals surface area (Å²) in [4.78, 5) is 1.35. The Morgan fingerprint density at radius 2 is 1.94 bits per heavy atom. The van der Waals surface area contributed by atoms with Crippen LogP contribution in [-0.2, 0) is 6.54 Å². The average molecular weight is 308 g/mol. The second-order valence-electron chi connectivity index (χ2n) is 3.65. The maximum atomic E-state index is 3.46. The van der Waals surface area contributed by atoms with E-state index in [4.69, 9.17) is 0 Å². The van der Waals surface area contributed by atoms with Crippen LogP contribution in [0.15, 0.2) is 52.3 Å². The summed E-state index contributed by atoms with van der Waals surface area (Å²) < 4.78 is 1.19. The van der Waals surface area contributed by atoms with Crippen LogP contribution in [0.2, 0.25) is 0 Å². The molecule has 0 bridgehead atoms. The zero-order valence-electron chi connectivity index (χ0n) is 9.40. The van der Waals surface area contributed by atoms with Gasteiger partial charge in [0.25, 0.3) is 0 Å². The van der Waals surface area contributed by atoms with E-state index in [1.54, 1.807) is 11.3 Å². The zero-order valence-corrected chi connectivity index (χ0v) is 11.8. The summed E-state index contributed by atoms with van der Waals surface area (Å²) in [5, 5.41) is 3.39. The molecule has 0 aliphatic carbocycles. The van der Waals surface area contributed by atoms with Gasteiger partial charge in [0.1, 0.15) is 0 Å². The quantitative estimate of drug-likeness (QED) is 0.812. The summed E-state index contributed by atoms with van der Waals surface area (Å²) >= 11 is 5.23. The van der Waals surface area contributed by atoms with Crippen LogP contribution in [0, 0.1) is 0 Å². The third-order valence-electron chi connectivity index (χ3n) is 2.30. The van der Waals surface area contributed by atoms with Crippen LogP contribution in [0.5, 0.6) is 0 Å². The lowest BCUT2D eigenvalue weighted by atomic mass is 10.2. The predicted molar refractivity (Wildman–Crippen MR) is 79.2 cm³/mol. The van der Waals surface area contributed by atoms with Crippen molar-refractivity contribution in [3.8, 4) is 0 Å². The molecule has 0 amide bonds. The summed E-state index contributed by atoms with van der Waals surface area (Å²) in [7, 11) is 0. The van der Waals surface area contributed by atoms with Gasteiger partial charge in [-0.05, 0) is 33.6 Å². The highest BCUT2D eigenvalue weighted by Gasteiger charge is 1.95. The zero-order chi connectivity index (χ0) is 11.9. The first-order valence-corrected chi connectivity index (χ1v) is 7.12. The van der Waals surface area contributed by atoms with Crippen LogP contribution >= 0.6 is 27.3 Å². The molecule has 0 aliphatic heterocycles. The van der Waals surface area contributed by atoms with Gasteiger partial charge >= 0.3 is 0 Å². The molecule has 1 aromatic carbocycles. The average Bonchev–Trinajstić information content (AvgIpc) is 2.76. The van der Waals surface area contributed by atoms with E-state index in [-0.39, 0.29) is 0 Å². The molecule has 3 heteroatoms. The first-order chi connectivity index (χ1) is 8.34. The van der Waals surface area contributed by atoms with Crippen LogP contribution in [0.1, 0.15) is 10.4 Å². The van der Waals surface area contributed by atoms with Gasteiger partial charge in [-0.25, -0.2) is 0 Å². The van der Waals surface area contributed by atoms with Gasteiger partial charge in [-0.1, -0.05) is 42.5 Å². The maximum absolute atomic E-state index is 3.46. The Hall–Kier alpha value is -0.900. The standard InChI is InChI=1S/C14H14BrNS/c15-14-9-8-13(17-14)11-16-10-4-7-12-5-2-1-3-6-12/h1-9,16H,10-11H2/b7-4+. The number of benzene rings is 1. The normalized spacial score (nSPS) is 11.1. The van der Waals surface area contributed by atoms with Crippen molar-refractivity contribution >= 4 is 33.3 Å². The van der Waals surface area contributed by atoms with E-state index < -0.39 is 0 Å². The Bertz CT molecular complexity index is 476. The molecule has 0 radical (unpaired) electrons. The van der Waals surface area contributed by atoms with Crippen molar-refractivity contribution in [3.05, 3.63) is 62.8 Å². The lowest BCUT2D eigenvalue weighted by Gasteiger charge is -1.98. The summed E-state index contributed by atoms with van der Waals surface area (Å²) in [6, 6.07) is 14.6. The molecule has 17 heavy (non-hydrogen) atoms. The van der Waals surface area contributed by atoms with E-state index in [2.05, 4.69) is 69.8 Å². The van der Waals surface area contributed by atoms with E-state index in [1.807, 2.05) is 6.07 Å². The molecule has 0 saturated heterocycles. The van der Waals surface area contributed by atoms with Gasteiger partial charge in [-0.3, -0.25) is 0 Å². The molecule has 0 aliphatic rings. The van der Waals surface area contributed by atoms with Gasteiger partial charge in [-0.15, -0.1) is 11.3 Å². The molecule has 0 atom stereocenters. The third kappa shape index (κ3) is 4.46. The lowest BCUT2D eigenvalue weighted by Crippen LogP contribution is -2.11. The van der Waals surface area contributed by atoms with Crippen molar-refractivity contribution in [2.75, 3.05) is 6.54 Å². The summed E-state index contributed by atoms with van der Waals surface area (Å²) in [5.74, 6) is 0. The summed E-state index contributed by atoms with van der Waals surface area (Å²) in [6.45, 7) is 1.82. The Morgan fingerprint density at radius 3 is 2.65 bits per heavy atom. The largest absolute Gasteiger partial charge is 0.308 e. The minimum absolute atomic E-state index is 0.893. The summed E-state index contributed by atoms with van der Waals surface area (Å²) in [6.07, 6.45) is 4.29. The van der Waals surface area contributed by atoms with Gasteiger partial charge in [0.2, 0.25) is 0 Å². The number of hydrogen-bond donors (Lipinski definition) is 1. The van der Waals surface area contributed by atoms with Crippen molar-refractivity contribution < 1.29 is 0 Å². The number of rotatable bonds is 5. The smallest absolute Gasteiger partial charge is 0.0701 e. The first kappa shape index (κ1) is 12.6. The second-order valence-corrected chi connectivity index (χ2v) is 6.20. The molecular formula is C14H14BrNS. The topological polar surface area (TPSA) is 12.0 Å². The molecule has 1 nitrogen and oxygen atoms in total. The number of nitrogens with one attached hydrogen (secondary N) is 1. The van der Waals surface area contributed by atoms with Crippen molar-refractivity contribution in [2.45, 2.75) is 6.54 Å². The highest BCUT2D eigenvalue weighted by molar-refractivity contribution is 9.11. The van der Waals surface area contributed by atoms with Gasteiger partial charge in [0.15, 0.2) is 0 Å². The van der Waals surface area contributed by atoms with Gasteiger partial charge in [0, 0.05) is 18.0 Å². The van der Waals surface area contributed by atoms with Crippen LogP contribution in [0.3, 0.4) is 0 Å². The Balaban J connectivity index is 1.71.